The molecule has 3 aromatic carbocycles. The average Bonchev–Trinajstić information content (AvgIpc) is 2.62. The zero-order valence-corrected chi connectivity index (χ0v) is 13.7. The monoisotopic (exact) mass is 336 g/mol. The van der Waals surface area contributed by atoms with Crippen molar-refractivity contribution in [1.29, 1.82) is 0 Å². The Morgan fingerprint density at radius 1 is 1.04 bits per heavy atom. The van der Waals surface area contributed by atoms with Crippen LogP contribution in [0.3, 0.4) is 0 Å². The zero-order chi connectivity index (χ0) is 17.6. The van der Waals surface area contributed by atoms with Gasteiger partial charge in [-0.3, -0.25) is 0 Å². The Morgan fingerprint density at radius 2 is 1.80 bits per heavy atom. The lowest BCUT2D eigenvalue weighted by atomic mass is 10.1. The fraction of sp³-hybridized carbons (Fsp3) is 0.0952. The van der Waals surface area contributed by atoms with Crippen LogP contribution in [-0.4, -0.2) is 12.6 Å². The second kappa shape index (κ2) is 7.62. The fourth-order valence-corrected chi connectivity index (χ4v) is 2.38. The molecule has 0 saturated heterocycles. The summed E-state index contributed by atoms with van der Waals surface area (Å²) in [6.07, 6.45) is 3.80. The van der Waals surface area contributed by atoms with Crippen LogP contribution in [0.4, 0.5) is 4.39 Å². The van der Waals surface area contributed by atoms with Crippen LogP contribution < -0.4 is 9.47 Å². The van der Waals surface area contributed by atoms with Crippen molar-refractivity contribution >= 4 is 16.7 Å². The first-order chi connectivity index (χ1) is 12.2. The van der Waals surface area contributed by atoms with Gasteiger partial charge in [0.15, 0.2) is 0 Å². The van der Waals surface area contributed by atoms with Crippen LogP contribution in [-0.2, 0) is 0 Å². The Hall–Kier alpha value is -3.14. The lowest BCUT2D eigenvalue weighted by Crippen LogP contribution is -2.08. The minimum Gasteiger partial charge on any atom is -0.490 e. The van der Waals surface area contributed by atoms with Gasteiger partial charge < -0.3 is 9.47 Å². The highest BCUT2D eigenvalue weighted by molar-refractivity contribution is 5.92. The first kappa shape index (κ1) is 16.7. The predicted octanol–water partition coefficient (Wildman–Crippen LogP) is 5.15. The predicted molar refractivity (Wildman–Crippen MR) is 95.6 cm³/mol. The van der Waals surface area contributed by atoms with E-state index in [9.17, 15) is 9.18 Å². The van der Waals surface area contributed by atoms with E-state index in [0.29, 0.717) is 34.4 Å². The van der Waals surface area contributed by atoms with Gasteiger partial charge in [-0.25, -0.2) is 9.18 Å². The van der Waals surface area contributed by atoms with E-state index in [1.165, 1.54) is 6.07 Å². The number of carbonyl (C=O) groups is 1. The second-order valence-electron chi connectivity index (χ2n) is 5.42. The summed E-state index contributed by atoms with van der Waals surface area (Å²) in [6.45, 7) is 2.40. The number of carbonyl (C=O) groups excluding carboxylic acids is 1. The number of halogens is 1. The van der Waals surface area contributed by atoms with Crippen molar-refractivity contribution < 1.29 is 18.7 Å². The van der Waals surface area contributed by atoms with Crippen LogP contribution in [0.2, 0.25) is 0 Å². The summed E-state index contributed by atoms with van der Waals surface area (Å²) < 4.78 is 24.5. The molecular formula is C21H17FO3. The third kappa shape index (κ3) is 4.04. The Bertz CT molecular complexity index is 914. The number of rotatable bonds is 5. The van der Waals surface area contributed by atoms with Gasteiger partial charge in [-0.15, -0.1) is 0 Å². The Labute approximate surface area is 145 Å². The van der Waals surface area contributed by atoms with E-state index >= 15 is 0 Å². The van der Waals surface area contributed by atoms with Gasteiger partial charge in [0.1, 0.15) is 23.9 Å². The van der Waals surface area contributed by atoms with E-state index in [2.05, 4.69) is 0 Å². The zero-order valence-electron chi connectivity index (χ0n) is 13.7. The van der Waals surface area contributed by atoms with Crippen molar-refractivity contribution in [2.75, 3.05) is 6.61 Å². The van der Waals surface area contributed by atoms with Crippen LogP contribution in [0.5, 0.6) is 11.5 Å². The van der Waals surface area contributed by atoms with E-state index in [1.807, 2.05) is 19.1 Å². The molecule has 0 aromatic heterocycles. The summed E-state index contributed by atoms with van der Waals surface area (Å²) in [6, 6.07) is 16.3. The molecule has 0 saturated carbocycles. The number of hydrogen-bond acceptors (Lipinski definition) is 3. The molecule has 0 aliphatic carbocycles. The molecule has 0 radical (unpaired) electrons. The molecule has 0 fully saturated rings. The van der Waals surface area contributed by atoms with Gasteiger partial charge in [-0.1, -0.05) is 24.3 Å². The van der Waals surface area contributed by atoms with Crippen molar-refractivity contribution in [2.45, 2.75) is 6.92 Å². The summed E-state index contributed by atoms with van der Waals surface area (Å²) >= 11 is 0. The van der Waals surface area contributed by atoms with E-state index < -0.39 is 5.97 Å². The molecular weight excluding hydrogens is 319 g/mol. The molecule has 0 bridgehead atoms. The largest absolute Gasteiger partial charge is 0.490 e. The molecule has 0 amide bonds. The molecule has 3 aromatic rings. The number of allylic oxidation sites excluding steroid dienone is 1. The Morgan fingerprint density at radius 3 is 2.56 bits per heavy atom. The fourth-order valence-electron chi connectivity index (χ4n) is 2.38. The topological polar surface area (TPSA) is 35.5 Å². The molecule has 3 rings (SSSR count). The van der Waals surface area contributed by atoms with E-state index in [1.54, 1.807) is 54.6 Å². The van der Waals surface area contributed by atoms with Crippen LogP contribution in [0.15, 0.2) is 72.8 Å². The Balaban J connectivity index is 1.71. The average molecular weight is 336 g/mol. The number of benzene rings is 3. The summed E-state index contributed by atoms with van der Waals surface area (Å²) in [5.74, 6) is 0.270. The molecule has 4 heteroatoms. The molecule has 0 atom stereocenters. The van der Waals surface area contributed by atoms with E-state index in [0.717, 1.165) is 0 Å². The highest BCUT2D eigenvalue weighted by Gasteiger charge is 2.10. The lowest BCUT2D eigenvalue weighted by molar-refractivity contribution is 0.0735. The minimum atomic E-state index is -0.476. The lowest BCUT2D eigenvalue weighted by Gasteiger charge is -2.07. The van der Waals surface area contributed by atoms with Gasteiger partial charge in [-0.2, -0.15) is 0 Å². The maximum atomic E-state index is 13.7. The number of esters is 1. The maximum Gasteiger partial charge on any atom is 0.343 e. The molecule has 0 unspecified atom stereocenters. The van der Waals surface area contributed by atoms with Crippen LogP contribution in [0, 0.1) is 5.82 Å². The van der Waals surface area contributed by atoms with Crippen LogP contribution in [0.25, 0.3) is 10.8 Å². The van der Waals surface area contributed by atoms with Crippen molar-refractivity contribution in [3.8, 4) is 11.5 Å². The summed E-state index contributed by atoms with van der Waals surface area (Å²) in [4.78, 5) is 12.2. The van der Waals surface area contributed by atoms with Gasteiger partial charge in [0.25, 0.3) is 0 Å². The standard InChI is InChI=1S/C21H17FO3/c1-2-3-13-24-17-9-7-15(8-10-17)21(23)25-18-11-12-19-16(14-18)5-4-6-20(19)22/h2-12,14H,13H2,1H3. The molecule has 0 spiro atoms. The SMILES string of the molecule is CC=CCOc1ccc(C(=O)Oc2ccc3c(F)cccc3c2)cc1. The van der Waals surface area contributed by atoms with Crippen molar-refractivity contribution in [2.24, 2.45) is 0 Å². The smallest absolute Gasteiger partial charge is 0.343 e. The minimum absolute atomic E-state index is 0.302. The van der Waals surface area contributed by atoms with Gasteiger partial charge in [0.05, 0.1) is 5.56 Å². The van der Waals surface area contributed by atoms with Gasteiger partial charge >= 0.3 is 5.97 Å². The third-order valence-electron chi connectivity index (χ3n) is 3.68. The summed E-state index contributed by atoms with van der Waals surface area (Å²) in [5, 5.41) is 1.17. The van der Waals surface area contributed by atoms with Crippen molar-refractivity contribution in [3.63, 3.8) is 0 Å². The molecule has 25 heavy (non-hydrogen) atoms. The van der Waals surface area contributed by atoms with Crippen molar-refractivity contribution in [3.05, 3.63) is 84.2 Å². The highest BCUT2D eigenvalue weighted by Crippen LogP contribution is 2.24. The molecule has 0 heterocycles. The summed E-state index contributed by atoms with van der Waals surface area (Å²) in [7, 11) is 0. The first-order valence-corrected chi connectivity index (χ1v) is 7.92. The molecule has 0 aliphatic rings. The van der Waals surface area contributed by atoms with Gasteiger partial charge in [0, 0.05) is 5.39 Å². The van der Waals surface area contributed by atoms with E-state index in [4.69, 9.17) is 9.47 Å². The van der Waals surface area contributed by atoms with Crippen molar-refractivity contribution in [1.82, 2.24) is 0 Å². The van der Waals surface area contributed by atoms with Crippen LogP contribution in [0.1, 0.15) is 17.3 Å². The number of ether oxygens (including phenoxy) is 2. The molecule has 0 N–H and O–H groups in total. The second-order valence-corrected chi connectivity index (χ2v) is 5.42. The number of fused-ring (bicyclic) bond motifs is 1. The first-order valence-electron chi connectivity index (χ1n) is 7.92. The van der Waals surface area contributed by atoms with Gasteiger partial charge in [0.2, 0.25) is 0 Å². The number of hydrogen-bond donors (Lipinski definition) is 0. The molecule has 0 aliphatic heterocycles. The third-order valence-corrected chi connectivity index (χ3v) is 3.68. The normalized spacial score (nSPS) is 11.0. The quantitative estimate of drug-likeness (QED) is 0.367. The highest BCUT2D eigenvalue weighted by atomic mass is 19.1. The Kier molecular flexibility index (Phi) is 5.09. The molecule has 126 valence electrons. The van der Waals surface area contributed by atoms with E-state index in [-0.39, 0.29) is 5.82 Å². The summed E-state index contributed by atoms with van der Waals surface area (Å²) in [5.41, 5.74) is 0.415. The maximum absolute atomic E-state index is 13.7. The van der Waals surface area contributed by atoms with Crippen LogP contribution >= 0.6 is 0 Å². The van der Waals surface area contributed by atoms with Gasteiger partial charge in [-0.05, 0) is 60.8 Å². The molecule has 3 nitrogen and oxygen atoms in total.